The van der Waals surface area contributed by atoms with Crippen molar-refractivity contribution in [1.29, 1.82) is 0 Å². The van der Waals surface area contributed by atoms with Crippen molar-refractivity contribution in [1.82, 2.24) is 29.5 Å². The van der Waals surface area contributed by atoms with Gasteiger partial charge in [-0.05, 0) is 66.2 Å². The number of hydrogen-bond acceptors (Lipinski definition) is 8. The Labute approximate surface area is 225 Å². The van der Waals surface area contributed by atoms with E-state index in [1.54, 1.807) is 36.4 Å². The predicted molar refractivity (Wildman–Crippen MR) is 130 cm³/mol. The molecule has 182 valence electrons. The van der Waals surface area contributed by atoms with E-state index in [1.807, 2.05) is 0 Å². The van der Waals surface area contributed by atoms with Crippen molar-refractivity contribution in [3.05, 3.63) is 107 Å². The van der Waals surface area contributed by atoms with Gasteiger partial charge < -0.3 is 18.8 Å². The van der Waals surface area contributed by atoms with Gasteiger partial charge in [0.05, 0.1) is 21.4 Å². The average molecular weight is 586 g/mol. The van der Waals surface area contributed by atoms with Crippen LogP contribution in [0.15, 0.2) is 107 Å². The van der Waals surface area contributed by atoms with E-state index in [0.717, 1.165) is 6.07 Å². The molecule has 4 heterocycles. The van der Waals surface area contributed by atoms with Gasteiger partial charge in [0.25, 0.3) is 0 Å². The molecule has 0 N–H and O–H groups in total. The molecule has 0 saturated heterocycles. The summed E-state index contributed by atoms with van der Waals surface area (Å²) in [7, 11) is -8.61. The van der Waals surface area contributed by atoms with Gasteiger partial charge in [-0.15, -0.1) is 0 Å². The number of pyridine rings is 2. The molecule has 0 aliphatic rings. The van der Waals surface area contributed by atoms with Gasteiger partial charge in [0, 0.05) is 24.8 Å². The largest absolute Gasteiger partial charge is 2.00 e. The van der Waals surface area contributed by atoms with Crippen LogP contribution < -0.4 is 0 Å². The van der Waals surface area contributed by atoms with Crippen LogP contribution in [0.1, 0.15) is 0 Å². The first-order chi connectivity index (χ1) is 17.3. The molecule has 4 aromatic heterocycles. The van der Waals surface area contributed by atoms with E-state index in [9.17, 15) is 16.8 Å². The van der Waals surface area contributed by atoms with E-state index in [1.165, 1.54) is 64.5 Å². The first-order valence-corrected chi connectivity index (χ1v) is 13.2. The number of aromatic nitrogens is 6. The van der Waals surface area contributed by atoms with Crippen LogP contribution >= 0.6 is 0 Å². The van der Waals surface area contributed by atoms with Crippen LogP contribution in [0.3, 0.4) is 0 Å². The molecule has 0 atom stereocenters. The summed E-state index contributed by atoms with van der Waals surface area (Å²) in [4.78, 5) is 7.62. The van der Waals surface area contributed by atoms with E-state index in [0.29, 0.717) is 11.6 Å². The van der Waals surface area contributed by atoms with E-state index < -0.39 is 20.0 Å². The summed E-state index contributed by atoms with van der Waals surface area (Å²) in [5, 5.41) is 8.14. The summed E-state index contributed by atoms with van der Waals surface area (Å²) in [5.74, 6) is 0.754. The van der Waals surface area contributed by atoms with Crippen LogP contribution in [-0.4, -0.2) is 46.4 Å². The first kappa shape index (κ1) is 26.1. The molecule has 0 unspecified atom stereocenters. The van der Waals surface area contributed by atoms with Crippen LogP contribution in [0.4, 0.5) is 11.6 Å². The van der Waals surface area contributed by atoms with Crippen molar-refractivity contribution in [2.75, 3.05) is 0 Å². The second kappa shape index (κ2) is 10.6. The minimum Gasteiger partial charge on any atom is -0.352 e. The third-order valence-corrected chi connectivity index (χ3v) is 7.36. The number of sulfonamides is 2. The van der Waals surface area contributed by atoms with Gasteiger partial charge in [0.2, 0.25) is 20.0 Å². The molecule has 0 bridgehead atoms. The van der Waals surface area contributed by atoms with Gasteiger partial charge in [0.15, 0.2) is 0 Å². The number of benzene rings is 1. The molecule has 5 rings (SSSR count). The Morgan fingerprint density at radius 2 is 1.03 bits per heavy atom. The normalized spacial score (nSPS) is 11.5. The molecule has 0 radical (unpaired) electrons. The Hall–Kier alpha value is -3.94. The molecule has 5 aromatic rings. The Morgan fingerprint density at radius 1 is 0.568 bits per heavy atom. The Bertz CT molecular complexity index is 1600. The zero-order valence-corrected chi connectivity index (χ0v) is 23.6. The summed E-state index contributed by atoms with van der Waals surface area (Å²) in [6, 6.07) is 17.8. The number of nitrogens with zero attached hydrogens (tertiary/aromatic N) is 8. The average Bonchev–Trinajstić information content (AvgIpc) is 3.54. The molecule has 0 spiro atoms. The van der Waals surface area contributed by atoms with Crippen molar-refractivity contribution in [3.63, 3.8) is 0 Å². The van der Waals surface area contributed by atoms with E-state index >= 15 is 0 Å². The maximum atomic E-state index is 13.0. The van der Waals surface area contributed by atoms with Crippen molar-refractivity contribution in [2.45, 2.75) is 9.79 Å². The quantitative estimate of drug-likeness (QED) is 0.250. The third-order valence-electron chi connectivity index (χ3n) is 4.81. The van der Waals surface area contributed by atoms with Crippen LogP contribution in [-0.2, 0) is 39.5 Å². The fourth-order valence-electron chi connectivity index (χ4n) is 3.19. The van der Waals surface area contributed by atoms with E-state index in [2.05, 4.69) is 29.6 Å². The fraction of sp³-hybridized carbons (Fsp3) is 0. The first-order valence-electron chi connectivity index (χ1n) is 10.3. The standard InChI is InChI=1S/C22H16N8O4S2.Zn/c31-35(32,27-21-10-14-25-29(21)19-8-1-3-12-23-19)17-6-5-7-18(16-17)36(33,34)28-22-11-15-26-30(22)20-9-2-4-13-24-20;/h1-16H;/q-2;+2. The van der Waals surface area contributed by atoms with Crippen molar-refractivity contribution in [2.24, 2.45) is 0 Å². The summed E-state index contributed by atoms with van der Waals surface area (Å²) in [6.07, 6.45) is 5.83. The van der Waals surface area contributed by atoms with Crippen LogP contribution in [0, 0.1) is 0 Å². The summed E-state index contributed by atoms with van der Waals surface area (Å²) in [5.41, 5.74) is 0. The molecule has 1 aromatic carbocycles. The molecule has 0 saturated carbocycles. The van der Waals surface area contributed by atoms with Gasteiger partial charge in [0.1, 0.15) is 0 Å². The molecule has 0 amide bonds. The van der Waals surface area contributed by atoms with Gasteiger partial charge in [-0.2, -0.15) is 0 Å². The maximum absolute atomic E-state index is 13.0. The zero-order valence-electron chi connectivity index (χ0n) is 19.0. The minimum atomic E-state index is -4.31. The smallest absolute Gasteiger partial charge is 0.352 e. The Kier molecular flexibility index (Phi) is 7.48. The topological polar surface area (TPSA) is 158 Å². The molecule has 0 fully saturated rings. The number of hydrogen-bond donors (Lipinski definition) is 0. The zero-order chi connectivity index (χ0) is 25.2. The van der Waals surface area contributed by atoms with Crippen LogP contribution in [0.5, 0.6) is 0 Å². The Balaban J connectivity index is 0.00000320. The minimum absolute atomic E-state index is 0. The second-order valence-corrected chi connectivity index (χ2v) is 10.4. The molecular weight excluding hydrogens is 570 g/mol. The van der Waals surface area contributed by atoms with Crippen LogP contribution in [0.2, 0.25) is 0 Å². The van der Waals surface area contributed by atoms with Gasteiger partial charge in [-0.1, -0.05) is 18.2 Å². The molecule has 0 aliphatic carbocycles. The maximum Gasteiger partial charge on any atom is 2.00 e. The Morgan fingerprint density at radius 3 is 1.43 bits per heavy atom. The van der Waals surface area contributed by atoms with Crippen molar-refractivity contribution < 1.29 is 36.3 Å². The third kappa shape index (κ3) is 5.58. The predicted octanol–water partition coefficient (Wildman–Crippen LogP) is 3.63. The van der Waals surface area contributed by atoms with Crippen LogP contribution in [0.25, 0.3) is 21.1 Å². The van der Waals surface area contributed by atoms with Gasteiger partial charge >= 0.3 is 19.5 Å². The fourth-order valence-corrected chi connectivity index (χ4v) is 5.30. The summed E-state index contributed by atoms with van der Waals surface area (Å²) < 4.78 is 62.4. The van der Waals surface area contributed by atoms with Crippen molar-refractivity contribution in [3.8, 4) is 11.6 Å². The molecular formula is C22H16N8O4S2Zn. The van der Waals surface area contributed by atoms with Gasteiger partial charge in [-0.3, -0.25) is 20.2 Å². The van der Waals surface area contributed by atoms with E-state index in [4.69, 9.17) is 0 Å². The number of rotatable bonds is 8. The molecule has 37 heavy (non-hydrogen) atoms. The molecule has 15 heteroatoms. The SMILES string of the molecule is O=S(=O)([N-]c1ccnn1-c1ccccn1)c1cccc(S(=O)(=O)[N-]c2ccnn2-c2ccccn2)c1.[Zn+2]. The monoisotopic (exact) mass is 584 g/mol. The second-order valence-electron chi connectivity index (χ2n) is 7.19. The molecule has 12 nitrogen and oxygen atoms in total. The summed E-state index contributed by atoms with van der Waals surface area (Å²) >= 11 is 0. The van der Waals surface area contributed by atoms with Gasteiger partial charge in [-0.25, -0.2) is 16.8 Å². The summed E-state index contributed by atoms with van der Waals surface area (Å²) in [6.45, 7) is 0. The van der Waals surface area contributed by atoms with Crippen molar-refractivity contribution >= 4 is 31.7 Å². The van der Waals surface area contributed by atoms with E-state index in [-0.39, 0.29) is 40.9 Å². The molecule has 0 aliphatic heterocycles.